The van der Waals surface area contributed by atoms with Gasteiger partial charge in [-0.15, -0.1) is 0 Å². The predicted octanol–water partition coefficient (Wildman–Crippen LogP) is 5.69. The van der Waals surface area contributed by atoms with Crippen LogP contribution < -0.4 is 14.8 Å². The van der Waals surface area contributed by atoms with Gasteiger partial charge in [-0.1, -0.05) is 33.8 Å². The van der Waals surface area contributed by atoms with Crippen LogP contribution >= 0.6 is 0 Å². The Balaban J connectivity index is 1.98. The summed E-state index contributed by atoms with van der Waals surface area (Å²) in [5.74, 6) is 0.154. The summed E-state index contributed by atoms with van der Waals surface area (Å²) in [7, 11) is 0. The number of nitrogens with one attached hydrogen (secondary N) is 1. The molecule has 0 fully saturated rings. The van der Waals surface area contributed by atoms with Gasteiger partial charge in [0.2, 0.25) is 11.7 Å². The SMILES string of the molecule is CCCOc1ccc(C=CC(=O)OC(C)C(=O)c2ccc(NC(=O)C(C)(C)C)cc2)cc1OCC. The van der Waals surface area contributed by atoms with Crippen molar-refractivity contribution in [3.05, 3.63) is 59.7 Å². The highest BCUT2D eigenvalue weighted by Gasteiger charge is 2.22. The van der Waals surface area contributed by atoms with Gasteiger partial charge in [-0.25, -0.2) is 4.79 Å². The first-order valence-electron chi connectivity index (χ1n) is 11.8. The number of hydrogen-bond acceptors (Lipinski definition) is 6. The van der Waals surface area contributed by atoms with Crippen molar-refractivity contribution in [3.63, 3.8) is 0 Å². The van der Waals surface area contributed by atoms with Gasteiger partial charge in [-0.05, 0) is 68.3 Å². The third kappa shape index (κ3) is 8.59. The fourth-order valence-electron chi connectivity index (χ4n) is 2.93. The minimum Gasteiger partial charge on any atom is -0.490 e. The van der Waals surface area contributed by atoms with Crippen LogP contribution in [0, 0.1) is 5.41 Å². The molecule has 188 valence electrons. The predicted molar refractivity (Wildman–Crippen MR) is 137 cm³/mol. The molecule has 0 aliphatic carbocycles. The summed E-state index contributed by atoms with van der Waals surface area (Å²) in [5, 5.41) is 2.81. The Labute approximate surface area is 207 Å². The Hall–Kier alpha value is -3.61. The van der Waals surface area contributed by atoms with E-state index in [1.807, 2.05) is 40.7 Å². The number of carbonyl (C=O) groups is 3. The number of hydrogen-bond donors (Lipinski definition) is 1. The zero-order chi connectivity index (χ0) is 26.0. The number of Topliss-reactive ketones (excluding diaryl/α,β-unsaturated/α-hetero) is 1. The Morgan fingerprint density at radius 3 is 2.26 bits per heavy atom. The quantitative estimate of drug-likeness (QED) is 0.252. The molecule has 35 heavy (non-hydrogen) atoms. The summed E-state index contributed by atoms with van der Waals surface area (Å²) >= 11 is 0. The highest BCUT2D eigenvalue weighted by Crippen LogP contribution is 2.29. The Kier molecular flexibility index (Phi) is 10.1. The van der Waals surface area contributed by atoms with E-state index in [1.165, 1.54) is 13.0 Å². The van der Waals surface area contributed by atoms with Crippen molar-refractivity contribution in [2.45, 2.75) is 54.1 Å². The molecule has 0 saturated carbocycles. The number of anilines is 1. The molecule has 7 heteroatoms. The van der Waals surface area contributed by atoms with E-state index in [0.29, 0.717) is 36.0 Å². The third-order valence-electron chi connectivity index (χ3n) is 4.91. The summed E-state index contributed by atoms with van der Waals surface area (Å²) in [5.41, 5.74) is 1.18. The Morgan fingerprint density at radius 1 is 0.971 bits per heavy atom. The lowest BCUT2D eigenvalue weighted by molar-refractivity contribution is -0.140. The van der Waals surface area contributed by atoms with Crippen molar-refractivity contribution >= 4 is 29.4 Å². The minimum atomic E-state index is -0.967. The van der Waals surface area contributed by atoms with E-state index in [2.05, 4.69) is 5.32 Å². The second-order valence-electron chi connectivity index (χ2n) is 9.05. The van der Waals surface area contributed by atoms with Crippen LogP contribution in [-0.4, -0.2) is 37.0 Å². The molecule has 1 N–H and O–H groups in total. The summed E-state index contributed by atoms with van der Waals surface area (Å²) in [4.78, 5) is 37.1. The third-order valence-corrected chi connectivity index (χ3v) is 4.91. The standard InChI is InChI=1S/C28H35NO6/c1-7-17-34-23-15-9-20(18-24(23)33-8-2)10-16-25(30)35-19(3)26(31)21-11-13-22(14-12-21)29-27(32)28(4,5)6/h9-16,18-19H,7-8,17H2,1-6H3,(H,29,32). The van der Waals surface area contributed by atoms with E-state index >= 15 is 0 Å². The van der Waals surface area contributed by atoms with E-state index in [9.17, 15) is 14.4 Å². The zero-order valence-corrected chi connectivity index (χ0v) is 21.3. The van der Waals surface area contributed by atoms with Crippen LogP contribution in [0.1, 0.15) is 63.9 Å². The molecule has 2 aromatic carbocycles. The van der Waals surface area contributed by atoms with Crippen molar-refractivity contribution in [3.8, 4) is 11.5 Å². The molecule has 1 unspecified atom stereocenters. The molecule has 0 aliphatic rings. The molecular formula is C28H35NO6. The molecule has 1 amide bonds. The molecule has 1 atom stereocenters. The average Bonchev–Trinajstić information content (AvgIpc) is 2.81. The van der Waals surface area contributed by atoms with Crippen LogP contribution in [0.5, 0.6) is 11.5 Å². The maximum Gasteiger partial charge on any atom is 0.331 e. The molecule has 0 aromatic heterocycles. The molecule has 0 spiro atoms. The normalized spacial score (nSPS) is 12.2. The van der Waals surface area contributed by atoms with Gasteiger partial charge in [-0.3, -0.25) is 9.59 Å². The molecule has 2 aromatic rings. The molecule has 0 aliphatic heterocycles. The monoisotopic (exact) mass is 481 g/mol. The maximum absolute atomic E-state index is 12.7. The zero-order valence-electron chi connectivity index (χ0n) is 21.3. The van der Waals surface area contributed by atoms with Gasteiger partial charge >= 0.3 is 5.97 Å². The van der Waals surface area contributed by atoms with Crippen LogP contribution in [0.15, 0.2) is 48.5 Å². The lowest BCUT2D eigenvalue weighted by Crippen LogP contribution is -2.27. The fraction of sp³-hybridized carbons (Fsp3) is 0.393. The second kappa shape index (κ2) is 12.7. The summed E-state index contributed by atoms with van der Waals surface area (Å²) in [6, 6.07) is 11.9. The number of benzene rings is 2. The highest BCUT2D eigenvalue weighted by molar-refractivity contribution is 6.01. The molecule has 7 nitrogen and oxygen atoms in total. The van der Waals surface area contributed by atoms with E-state index in [4.69, 9.17) is 14.2 Å². The van der Waals surface area contributed by atoms with Gasteiger partial charge < -0.3 is 19.5 Å². The van der Waals surface area contributed by atoms with Crippen LogP contribution in [0.4, 0.5) is 5.69 Å². The fourth-order valence-corrected chi connectivity index (χ4v) is 2.93. The average molecular weight is 482 g/mol. The number of carbonyl (C=O) groups excluding carboxylic acids is 3. The van der Waals surface area contributed by atoms with Gasteiger partial charge in [0.05, 0.1) is 13.2 Å². The minimum absolute atomic E-state index is 0.123. The van der Waals surface area contributed by atoms with Gasteiger partial charge in [0, 0.05) is 22.7 Å². The molecule has 0 radical (unpaired) electrons. The van der Waals surface area contributed by atoms with E-state index in [-0.39, 0.29) is 11.7 Å². The van der Waals surface area contributed by atoms with Gasteiger partial charge in [0.15, 0.2) is 17.6 Å². The second-order valence-corrected chi connectivity index (χ2v) is 9.05. The van der Waals surface area contributed by atoms with E-state index in [0.717, 1.165) is 12.0 Å². The van der Waals surface area contributed by atoms with Crippen LogP contribution in [-0.2, 0) is 14.3 Å². The lowest BCUT2D eigenvalue weighted by atomic mass is 9.95. The largest absolute Gasteiger partial charge is 0.490 e. The van der Waals surface area contributed by atoms with Crippen LogP contribution in [0.2, 0.25) is 0 Å². The summed E-state index contributed by atoms with van der Waals surface area (Å²) in [6.07, 6.45) is 2.78. The van der Waals surface area contributed by atoms with Gasteiger partial charge in [0.1, 0.15) is 0 Å². The van der Waals surface area contributed by atoms with Crippen molar-refractivity contribution in [1.29, 1.82) is 0 Å². The summed E-state index contributed by atoms with van der Waals surface area (Å²) < 4.78 is 16.6. The van der Waals surface area contributed by atoms with E-state index in [1.54, 1.807) is 42.5 Å². The van der Waals surface area contributed by atoms with Crippen molar-refractivity contribution in [1.82, 2.24) is 0 Å². The van der Waals surface area contributed by atoms with Crippen molar-refractivity contribution in [2.75, 3.05) is 18.5 Å². The number of ether oxygens (including phenoxy) is 3. The van der Waals surface area contributed by atoms with E-state index < -0.39 is 17.5 Å². The first-order valence-corrected chi connectivity index (χ1v) is 11.8. The maximum atomic E-state index is 12.7. The van der Waals surface area contributed by atoms with Crippen LogP contribution in [0.3, 0.4) is 0 Å². The smallest absolute Gasteiger partial charge is 0.331 e. The van der Waals surface area contributed by atoms with Crippen molar-refractivity contribution < 1.29 is 28.6 Å². The van der Waals surface area contributed by atoms with Crippen molar-refractivity contribution in [2.24, 2.45) is 5.41 Å². The van der Waals surface area contributed by atoms with Gasteiger partial charge in [0.25, 0.3) is 0 Å². The molecule has 0 bridgehead atoms. The Morgan fingerprint density at radius 2 is 1.66 bits per heavy atom. The summed E-state index contributed by atoms with van der Waals surface area (Å²) in [6.45, 7) is 12.0. The topological polar surface area (TPSA) is 90.9 Å². The molecule has 2 rings (SSSR count). The Bertz CT molecular complexity index is 1050. The first kappa shape index (κ1) is 27.6. The molecule has 0 saturated heterocycles. The molecule has 0 heterocycles. The molecular weight excluding hydrogens is 446 g/mol. The number of esters is 1. The number of amides is 1. The number of rotatable bonds is 11. The van der Waals surface area contributed by atoms with Crippen LogP contribution in [0.25, 0.3) is 6.08 Å². The number of ketones is 1. The first-order chi connectivity index (χ1) is 16.5. The highest BCUT2D eigenvalue weighted by atomic mass is 16.5. The lowest BCUT2D eigenvalue weighted by Gasteiger charge is -2.18. The van der Waals surface area contributed by atoms with Gasteiger partial charge in [-0.2, -0.15) is 0 Å².